The van der Waals surface area contributed by atoms with Crippen LogP contribution in [0.25, 0.3) is 11.1 Å². The van der Waals surface area contributed by atoms with Crippen molar-refractivity contribution in [2.24, 2.45) is 4.40 Å². The van der Waals surface area contributed by atoms with Gasteiger partial charge in [-0.1, -0.05) is 30.3 Å². The van der Waals surface area contributed by atoms with Gasteiger partial charge in [-0.2, -0.15) is 8.42 Å². The fraction of sp³-hybridized carbons (Fsp3) is 0.176. The minimum absolute atomic E-state index is 0.0494. The average molecular weight is 393 g/mol. The number of sulfonamides is 1. The molecule has 0 heterocycles. The van der Waals surface area contributed by atoms with Gasteiger partial charge in [0.05, 0.1) is 18.4 Å². The smallest absolute Gasteiger partial charge is 0.339 e. The second-order valence-electron chi connectivity index (χ2n) is 5.58. The van der Waals surface area contributed by atoms with Crippen LogP contribution in [0.1, 0.15) is 10.4 Å². The standard InChI is InChI=1S/C17H19N3O4S2/c1-20(2)10-19-26(22,23)13-9-12(17(21)24-3)16(25)15(18)14(13)11-7-5-4-6-8-11/h4-10,25H,18H2,1-3H3. The van der Waals surface area contributed by atoms with Crippen LogP contribution in [-0.4, -0.2) is 46.8 Å². The van der Waals surface area contributed by atoms with Crippen LogP contribution in [0.5, 0.6) is 0 Å². The summed E-state index contributed by atoms with van der Waals surface area (Å²) in [6.45, 7) is 0. The van der Waals surface area contributed by atoms with Crippen molar-refractivity contribution < 1.29 is 17.9 Å². The molecule has 0 saturated heterocycles. The van der Waals surface area contributed by atoms with E-state index >= 15 is 0 Å². The Morgan fingerprint density at radius 3 is 2.42 bits per heavy atom. The molecular formula is C17H19N3O4S2. The Kier molecular flexibility index (Phi) is 5.94. The molecule has 0 aromatic heterocycles. The molecule has 0 aliphatic rings. The second kappa shape index (κ2) is 7.79. The van der Waals surface area contributed by atoms with Gasteiger partial charge in [0.2, 0.25) is 0 Å². The van der Waals surface area contributed by atoms with Gasteiger partial charge in [0.15, 0.2) is 0 Å². The molecule has 0 aliphatic heterocycles. The zero-order chi connectivity index (χ0) is 19.5. The topological polar surface area (TPSA) is 102 Å². The molecule has 0 aliphatic carbocycles. The number of hydrogen-bond donors (Lipinski definition) is 2. The normalized spacial score (nSPS) is 11.5. The fourth-order valence-corrected chi connectivity index (χ4v) is 3.70. The Hall–Kier alpha value is -2.52. The molecule has 0 amide bonds. The predicted molar refractivity (Wildman–Crippen MR) is 104 cm³/mol. The number of nitrogens with zero attached hydrogens (tertiary/aromatic N) is 2. The van der Waals surface area contributed by atoms with E-state index in [1.54, 1.807) is 44.4 Å². The van der Waals surface area contributed by atoms with Crippen molar-refractivity contribution in [1.82, 2.24) is 4.90 Å². The molecule has 2 rings (SSSR count). The first-order chi connectivity index (χ1) is 12.2. The molecule has 0 saturated carbocycles. The Balaban J connectivity index is 2.87. The number of rotatable bonds is 5. The van der Waals surface area contributed by atoms with Crippen LogP contribution in [0.2, 0.25) is 0 Å². The Labute approximate surface area is 157 Å². The number of benzene rings is 2. The first kappa shape index (κ1) is 19.8. The molecule has 9 heteroatoms. The molecule has 138 valence electrons. The number of thiol groups is 1. The van der Waals surface area contributed by atoms with E-state index in [0.29, 0.717) is 5.56 Å². The molecule has 0 fully saturated rings. The lowest BCUT2D eigenvalue weighted by molar-refractivity contribution is 0.0596. The van der Waals surface area contributed by atoms with Gasteiger partial charge < -0.3 is 15.4 Å². The van der Waals surface area contributed by atoms with Crippen LogP contribution >= 0.6 is 12.6 Å². The number of carbonyl (C=O) groups excluding carboxylic acids is 1. The average Bonchev–Trinajstić information content (AvgIpc) is 2.62. The van der Waals surface area contributed by atoms with Gasteiger partial charge in [-0.15, -0.1) is 17.0 Å². The van der Waals surface area contributed by atoms with E-state index in [-0.39, 0.29) is 26.6 Å². The molecule has 2 N–H and O–H groups in total. The summed E-state index contributed by atoms with van der Waals surface area (Å²) < 4.78 is 33.9. The quantitative estimate of drug-likeness (QED) is 0.266. The molecule has 7 nitrogen and oxygen atoms in total. The first-order valence-electron chi connectivity index (χ1n) is 7.45. The maximum atomic E-state index is 12.8. The predicted octanol–water partition coefficient (Wildman–Crippen LogP) is 2.29. The summed E-state index contributed by atoms with van der Waals surface area (Å²) in [5.74, 6) is -0.741. The molecule has 26 heavy (non-hydrogen) atoms. The summed E-state index contributed by atoms with van der Waals surface area (Å²) in [5, 5.41) is 0. The van der Waals surface area contributed by atoms with Gasteiger partial charge in [0.1, 0.15) is 11.2 Å². The van der Waals surface area contributed by atoms with E-state index in [2.05, 4.69) is 17.0 Å². The Morgan fingerprint density at radius 2 is 1.88 bits per heavy atom. The monoisotopic (exact) mass is 393 g/mol. The molecule has 0 bridgehead atoms. The highest BCUT2D eigenvalue weighted by atomic mass is 32.2. The second-order valence-corrected chi connectivity index (χ2v) is 7.62. The third-order valence-electron chi connectivity index (χ3n) is 3.46. The van der Waals surface area contributed by atoms with Crippen molar-refractivity contribution in [2.75, 3.05) is 26.9 Å². The lowest BCUT2D eigenvalue weighted by Crippen LogP contribution is -2.13. The highest BCUT2D eigenvalue weighted by Gasteiger charge is 2.26. The lowest BCUT2D eigenvalue weighted by atomic mass is 10.0. The van der Waals surface area contributed by atoms with Gasteiger partial charge in [0.25, 0.3) is 10.0 Å². The third-order valence-corrected chi connectivity index (χ3v) is 5.20. The number of esters is 1. The van der Waals surface area contributed by atoms with Crippen molar-refractivity contribution in [3.63, 3.8) is 0 Å². The first-order valence-corrected chi connectivity index (χ1v) is 9.33. The Morgan fingerprint density at radius 1 is 1.27 bits per heavy atom. The van der Waals surface area contributed by atoms with Crippen molar-refractivity contribution >= 4 is 40.6 Å². The van der Waals surface area contributed by atoms with Crippen molar-refractivity contribution in [3.8, 4) is 11.1 Å². The van der Waals surface area contributed by atoms with Crippen LogP contribution in [0.4, 0.5) is 5.69 Å². The van der Waals surface area contributed by atoms with Crippen LogP contribution in [0.3, 0.4) is 0 Å². The summed E-state index contributed by atoms with van der Waals surface area (Å²) in [6.07, 6.45) is 1.16. The van der Waals surface area contributed by atoms with Gasteiger partial charge >= 0.3 is 5.97 Å². The van der Waals surface area contributed by atoms with Gasteiger partial charge in [-0.25, -0.2) is 4.79 Å². The maximum absolute atomic E-state index is 12.8. The molecular weight excluding hydrogens is 374 g/mol. The molecule has 0 spiro atoms. The van der Waals surface area contributed by atoms with E-state index in [1.165, 1.54) is 18.1 Å². The Bertz CT molecular complexity index is 956. The van der Waals surface area contributed by atoms with E-state index in [4.69, 9.17) is 10.5 Å². The number of nitrogens with two attached hydrogens (primary N) is 1. The molecule has 2 aromatic carbocycles. The summed E-state index contributed by atoms with van der Waals surface area (Å²) in [4.78, 5) is 13.4. The van der Waals surface area contributed by atoms with Crippen LogP contribution in [0, 0.1) is 0 Å². The van der Waals surface area contributed by atoms with Crippen molar-refractivity contribution in [1.29, 1.82) is 0 Å². The van der Waals surface area contributed by atoms with Crippen LogP contribution < -0.4 is 5.73 Å². The highest BCUT2D eigenvalue weighted by Crippen LogP contribution is 2.39. The molecule has 0 atom stereocenters. The minimum atomic E-state index is -4.13. The lowest BCUT2D eigenvalue weighted by Gasteiger charge is -2.16. The summed E-state index contributed by atoms with van der Waals surface area (Å²) in [5.41, 5.74) is 6.96. The third kappa shape index (κ3) is 4.00. The van der Waals surface area contributed by atoms with E-state index < -0.39 is 16.0 Å². The number of anilines is 1. The van der Waals surface area contributed by atoms with Gasteiger partial charge in [-0.3, -0.25) is 0 Å². The fourth-order valence-electron chi connectivity index (χ4n) is 2.25. The van der Waals surface area contributed by atoms with Gasteiger partial charge in [0, 0.05) is 24.6 Å². The van der Waals surface area contributed by atoms with Crippen molar-refractivity contribution in [2.45, 2.75) is 9.79 Å². The van der Waals surface area contributed by atoms with Crippen LogP contribution in [-0.2, 0) is 14.8 Å². The zero-order valence-electron chi connectivity index (χ0n) is 14.5. The largest absolute Gasteiger partial charge is 0.465 e. The highest BCUT2D eigenvalue weighted by molar-refractivity contribution is 7.90. The number of nitrogen functional groups attached to an aromatic ring is 1. The molecule has 0 unspecified atom stereocenters. The number of hydrogen-bond acceptors (Lipinski definition) is 6. The molecule has 2 aromatic rings. The van der Waals surface area contributed by atoms with Crippen LogP contribution in [0.15, 0.2) is 50.6 Å². The summed E-state index contributed by atoms with van der Waals surface area (Å²) >= 11 is 4.29. The van der Waals surface area contributed by atoms with Gasteiger partial charge in [-0.05, 0) is 11.6 Å². The number of ether oxygens (including phenoxy) is 1. The summed E-state index contributed by atoms with van der Waals surface area (Å²) in [6, 6.07) is 9.91. The minimum Gasteiger partial charge on any atom is -0.465 e. The van der Waals surface area contributed by atoms with Crippen molar-refractivity contribution in [3.05, 3.63) is 42.0 Å². The number of methoxy groups -OCH3 is 1. The summed E-state index contributed by atoms with van der Waals surface area (Å²) in [7, 11) is 0.340. The maximum Gasteiger partial charge on any atom is 0.339 e. The molecule has 0 radical (unpaired) electrons. The van der Waals surface area contributed by atoms with E-state index in [1.807, 2.05) is 0 Å². The number of carbonyl (C=O) groups is 1. The van der Waals surface area contributed by atoms with E-state index in [9.17, 15) is 13.2 Å². The SMILES string of the molecule is COC(=O)c1cc(S(=O)(=O)N=CN(C)C)c(-c2ccccc2)c(N)c1S. The zero-order valence-corrected chi connectivity index (χ0v) is 16.2. The van der Waals surface area contributed by atoms with E-state index in [0.717, 1.165) is 6.34 Å².